The van der Waals surface area contributed by atoms with E-state index in [2.05, 4.69) is 15.6 Å². The fourth-order valence-electron chi connectivity index (χ4n) is 1.99. The number of aromatic nitrogens is 1. The van der Waals surface area contributed by atoms with Crippen molar-refractivity contribution in [3.8, 4) is 0 Å². The Morgan fingerprint density at radius 3 is 2.64 bits per heavy atom. The van der Waals surface area contributed by atoms with Crippen LogP contribution in [0.3, 0.4) is 0 Å². The average Bonchev–Trinajstić information content (AvgIpc) is 2.45. The predicted molar refractivity (Wildman–Crippen MR) is 80.2 cm³/mol. The molecule has 0 aliphatic heterocycles. The Kier molecular flexibility index (Phi) is 4.88. The molecule has 0 aliphatic rings. The van der Waals surface area contributed by atoms with Crippen molar-refractivity contribution in [3.63, 3.8) is 0 Å². The summed E-state index contributed by atoms with van der Waals surface area (Å²) in [7, 11) is 0. The Hall–Kier alpha value is -2.70. The number of hydrogen-bond acceptors (Lipinski definition) is 3. The molecule has 0 fully saturated rings. The number of aromatic amines is 1. The van der Waals surface area contributed by atoms with Crippen LogP contribution in [0, 0.1) is 5.82 Å². The third kappa shape index (κ3) is 3.91. The van der Waals surface area contributed by atoms with Gasteiger partial charge in [-0.2, -0.15) is 0 Å². The zero-order chi connectivity index (χ0) is 16.1. The Morgan fingerprint density at radius 2 is 1.91 bits per heavy atom. The van der Waals surface area contributed by atoms with Crippen LogP contribution in [0.15, 0.2) is 29.1 Å². The summed E-state index contributed by atoms with van der Waals surface area (Å²) in [6.07, 6.45) is 0.558. The molecule has 0 saturated heterocycles. The number of hydrogen-bond donors (Lipinski definition) is 3. The van der Waals surface area contributed by atoms with Gasteiger partial charge >= 0.3 is 0 Å². The normalized spacial score (nSPS) is 10.5. The largest absolute Gasteiger partial charge is 0.356 e. The third-order valence-corrected chi connectivity index (χ3v) is 3.07. The number of amides is 2. The fraction of sp³-hybridized carbons (Fsp3) is 0.267. The highest BCUT2D eigenvalue weighted by molar-refractivity contribution is 5.97. The molecule has 1 heterocycles. The first-order valence-electron chi connectivity index (χ1n) is 6.82. The van der Waals surface area contributed by atoms with Crippen LogP contribution in [0.25, 0.3) is 10.9 Å². The number of benzene rings is 1. The topological polar surface area (TPSA) is 91.1 Å². The minimum atomic E-state index is -0.572. The predicted octanol–water partition coefficient (Wildman–Crippen LogP) is 0.923. The number of nitrogens with one attached hydrogen (secondary N) is 3. The summed E-state index contributed by atoms with van der Waals surface area (Å²) in [5.41, 5.74) is -0.261. The molecule has 1 aromatic carbocycles. The lowest BCUT2D eigenvalue weighted by molar-refractivity contribution is -0.118. The summed E-state index contributed by atoms with van der Waals surface area (Å²) in [6.45, 7) is 2.19. The number of pyridine rings is 1. The summed E-state index contributed by atoms with van der Waals surface area (Å²) < 4.78 is 13.1. The van der Waals surface area contributed by atoms with E-state index in [-0.39, 0.29) is 11.5 Å². The molecular formula is C15H16FN3O3. The van der Waals surface area contributed by atoms with Crippen LogP contribution in [0.2, 0.25) is 0 Å². The smallest absolute Gasteiger partial charge is 0.261 e. The fourth-order valence-corrected chi connectivity index (χ4v) is 1.99. The highest BCUT2D eigenvalue weighted by Crippen LogP contribution is 2.12. The van der Waals surface area contributed by atoms with Gasteiger partial charge in [-0.25, -0.2) is 4.39 Å². The molecule has 1 aromatic heterocycles. The second-order valence-corrected chi connectivity index (χ2v) is 4.84. The van der Waals surface area contributed by atoms with Gasteiger partial charge in [0, 0.05) is 20.0 Å². The van der Waals surface area contributed by atoms with Gasteiger partial charge in [-0.05, 0) is 36.1 Å². The number of rotatable bonds is 5. The molecule has 0 saturated carbocycles. The number of carbonyl (C=O) groups is 2. The highest BCUT2D eigenvalue weighted by atomic mass is 19.1. The molecule has 116 valence electrons. The summed E-state index contributed by atoms with van der Waals surface area (Å²) in [6, 6.07) is 5.38. The van der Waals surface area contributed by atoms with Crippen molar-refractivity contribution < 1.29 is 14.0 Å². The van der Waals surface area contributed by atoms with Crippen molar-refractivity contribution in [2.24, 2.45) is 0 Å². The zero-order valence-electron chi connectivity index (χ0n) is 12.0. The molecule has 0 spiro atoms. The number of H-pyrrole nitrogens is 1. The Morgan fingerprint density at radius 1 is 1.18 bits per heavy atom. The van der Waals surface area contributed by atoms with Crippen molar-refractivity contribution in [1.82, 2.24) is 15.6 Å². The van der Waals surface area contributed by atoms with Gasteiger partial charge in [0.15, 0.2) is 0 Å². The zero-order valence-corrected chi connectivity index (χ0v) is 12.0. The first-order chi connectivity index (χ1) is 10.5. The first kappa shape index (κ1) is 15.7. The molecule has 2 rings (SSSR count). The van der Waals surface area contributed by atoms with E-state index in [1.165, 1.54) is 31.2 Å². The molecule has 0 aliphatic carbocycles. The molecule has 0 radical (unpaired) electrons. The van der Waals surface area contributed by atoms with E-state index in [0.717, 1.165) is 0 Å². The molecule has 0 unspecified atom stereocenters. The highest BCUT2D eigenvalue weighted by Gasteiger charge is 2.11. The van der Waals surface area contributed by atoms with Crippen LogP contribution in [-0.2, 0) is 4.79 Å². The summed E-state index contributed by atoms with van der Waals surface area (Å²) in [5, 5.41) is 5.79. The maximum absolute atomic E-state index is 13.1. The molecule has 22 heavy (non-hydrogen) atoms. The number of fused-ring (bicyclic) bond motifs is 1. The van der Waals surface area contributed by atoms with Crippen LogP contribution in [0.5, 0.6) is 0 Å². The third-order valence-electron chi connectivity index (χ3n) is 3.07. The van der Waals surface area contributed by atoms with E-state index < -0.39 is 17.3 Å². The standard InChI is InChI=1S/C15H16FN3O3/c1-9(20)17-5-2-6-18-14(21)12-7-10-3-4-11(16)8-13(10)19-15(12)22/h3-4,7-8H,2,5-6H2,1H3,(H,17,20)(H,18,21)(H,19,22). The minimum absolute atomic E-state index is 0.0290. The van der Waals surface area contributed by atoms with E-state index in [4.69, 9.17) is 0 Å². The lowest BCUT2D eigenvalue weighted by Gasteiger charge is -2.06. The lowest BCUT2D eigenvalue weighted by Crippen LogP contribution is -2.32. The summed E-state index contributed by atoms with van der Waals surface area (Å²) >= 11 is 0. The average molecular weight is 305 g/mol. The van der Waals surface area contributed by atoms with Crippen molar-refractivity contribution in [3.05, 3.63) is 46.0 Å². The maximum Gasteiger partial charge on any atom is 0.261 e. The van der Waals surface area contributed by atoms with Crippen LogP contribution in [0.4, 0.5) is 4.39 Å². The van der Waals surface area contributed by atoms with Crippen LogP contribution in [-0.4, -0.2) is 29.9 Å². The molecule has 2 amide bonds. The van der Waals surface area contributed by atoms with Crippen LogP contribution in [0.1, 0.15) is 23.7 Å². The second kappa shape index (κ2) is 6.84. The van der Waals surface area contributed by atoms with Gasteiger partial charge in [0.05, 0.1) is 5.52 Å². The van der Waals surface area contributed by atoms with E-state index >= 15 is 0 Å². The van der Waals surface area contributed by atoms with Gasteiger partial charge in [-0.15, -0.1) is 0 Å². The van der Waals surface area contributed by atoms with Gasteiger partial charge in [0.2, 0.25) is 5.91 Å². The van der Waals surface area contributed by atoms with Crippen molar-refractivity contribution >= 4 is 22.7 Å². The van der Waals surface area contributed by atoms with E-state index in [0.29, 0.717) is 30.4 Å². The van der Waals surface area contributed by atoms with Crippen LogP contribution < -0.4 is 16.2 Å². The molecule has 3 N–H and O–H groups in total. The second-order valence-electron chi connectivity index (χ2n) is 4.84. The molecule has 0 bridgehead atoms. The maximum atomic E-state index is 13.1. The molecule has 6 nitrogen and oxygen atoms in total. The molecule has 7 heteroatoms. The minimum Gasteiger partial charge on any atom is -0.356 e. The summed E-state index contributed by atoms with van der Waals surface area (Å²) in [4.78, 5) is 37.0. The van der Waals surface area contributed by atoms with Gasteiger partial charge in [0.1, 0.15) is 11.4 Å². The summed E-state index contributed by atoms with van der Waals surface area (Å²) in [5.74, 6) is -1.10. The van der Waals surface area contributed by atoms with Gasteiger partial charge < -0.3 is 15.6 Å². The Labute approximate surface area is 125 Å². The molecule has 0 atom stereocenters. The van der Waals surface area contributed by atoms with E-state index in [9.17, 15) is 18.8 Å². The monoisotopic (exact) mass is 305 g/mol. The van der Waals surface area contributed by atoms with Gasteiger partial charge in [-0.3, -0.25) is 14.4 Å². The molecular weight excluding hydrogens is 289 g/mol. The van der Waals surface area contributed by atoms with Gasteiger partial charge in [-0.1, -0.05) is 0 Å². The number of halogens is 1. The lowest BCUT2D eigenvalue weighted by atomic mass is 10.1. The molecule has 2 aromatic rings. The van der Waals surface area contributed by atoms with Crippen molar-refractivity contribution in [1.29, 1.82) is 0 Å². The Balaban J connectivity index is 2.05. The van der Waals surface area contributed by atoms with Crippen LogP contribution >= 0.6 is 0 Å². The van der Waals surface area contributed by atoms with Crippen molar-refractivity contribution in [2.45, 2.75) is 13.3 Å². The first-order valence-corrected chi connectivity index (χ1v) is 6.82. The SMILES string of the molecule is CC(=O)NCCCNC(=O)c1cc2ccc(F)cc2[nH]c1=O. The van der Waals surface area contributed by atoms with E-state index in [1.54, 1.807) is 0 Å². The Bertz CT molecular complexity index is 770. The number of carbonyl (C=O) groups excluding carboxylic acids is 2. The van der Waals surface area contributed by atoms with Gasteiger partial charge in [0.25, 0.3) is 11.5 Å². The quantitative estimate of drug-likeness (QED) is 0.717. The van der Waals surface area contributed by atoms with Crippen molar-refractivity contribution in [2.75, 3.05) is 13.1 Å². The van der Waals surface area contributed by atoms with E-state index in [1.807, 2.05) is 0 Å².